The number of nitrogens with two attached hydrogens (primary N) is 1. The topological polar surface area (TPSA) is 96.7 Å². The van der Waals surface area contributed by atoms with Crippen molar-refractivity contribution in [1.82, 2.24) is 15.2 Å². The summed E-state index contributed by atoms with van der Waals surface area (Å²) in [5, 5.41) is 12.8. The average molecular weight is 273 g/mol. The van der Waals surface area contributed by atoms with Crippen molar-refractivity contribution in [3.05, 3.63) is 35.5 Å². The molecule has 3 rings (SSSR count). The van der Waals surface area contributed by atoms with Gasteiger partial charge in [0.1, 0.15) is 0 Å². The minimum Gasteiger partial charge on any atom is -0.375 e. The maximum absolute atomic E-state index is 11.9. The fourth-order valence-corrected chi connectivity index (χ4v) is 2.40. The Morgan fingerprint density at radius 2 is 2.37 bits per heavy atom. The van der Waals surface area contributed by atoms with E-state index >= 15 is 0 Å². The van der Waals surface area contributed by atoms with Gasteiger partial charge >= 0.3 is 0 Å². The molecule has 4 N–H and O–H groups in total. The van der Waals surface area contributed by atoms with Crippen LogP contribution in [-0.2, 0) is 11.2 Å². The van der Waals surface area contributed by atoms with Crippen LogP contribution in [0.25, 0.3) is 10.9 Å². The highest BCUT2D eigenvalue weighted by atomic mass is 32.1. The van der Waals surface area contributed by atoms with E-state index in [2.05, 4.69) is 20.5 Å². The number of aromatic amines is 1. The van der Waals surface area contributed by atoms with Gasteiger partial charge in [-0.3, -0.25) is 9.89 Å². The molecule has 0 aliphatic rings. The van der Waals surface area contributed by atoms with Crippen LogP contribution in [0.5, 0.6) is 0 Å². The van der Waals surface area contributed by atoms with Gasteiger partial charge < -0.3 is 11.1 Å². The molecule has 0 aliphatic carbocycles. The number of fused-ring (bicyclic) bond motifs is 1. The number of benzene rings is 1. The predicted molar refractivity (Wildman–Crippen MR) is 75.0 cm³/mol. The van der Waals surface area contributed by atoms with Crippen molar-refractivity contribution in [3.8, 4) is 0 Å². The lowest BCUT2D eigenvalue weighted by Crippen LogP contribution is -2.14. The van der Waals surface area contributed by atoms with Gasteiger partial charge in [-0.2, -0.15) is 5.10 Å². The molecule has 1 aromatic carbocycles. The zero-order valence-corrected chi connectivity index (χ0v) is 10.7. The number of nitrogens with zero attached hydrogens (tertiary/aromatic N) is 2. The van der Waals surface area contributed by atoms with Crippen LogP contribution in [0, 0.1) is 0 Å². The van der Waals surface area contributed by atoms with Crippen LogP contribution in [0.3, 0.4) is 0 Å². The maximum Gasteiger partial charge on any atom is 0.230 e. The summed E-state index contributed by atoms with van der Waals surface area (Å²) >= 11 is 1.33. The zero-order valence-electron chi connectivity index (χ0n) is 9.88. The molecule has 0 saturated heterocycles. The van der Waals surface area contributed by atoms with E-state index in [-0.39, 0.29) is 12.3 Å². The van der Waals surface area contributed by atoms with Gasteiger partial charge in [0.25, 0.3) is 0 Å². The van der Waals surface area contributed by atoms with Crippen LogP contribution in [0.1, 0.15) is 5.69 Å². The second-order valence-corrected chi connectivity index (χ2v) is 4.93. The molecular formula is C12H11N5OS. The van der Waals surface area contributed by atoms with Gasteiger partial charge in [-0.25, -0.2) is 4.98 Å². The number of carbonyl (C=O) groups excluding carboxylic acids is 1. The lowest BCUT2D eigenvalue weighted by atomic mass is 10.2. The molecule has 2 heterocycles. The van der Waals surface area contributed by atoms with E-state index < -0.39 is 0 Å². The lowest BCUT2D eigenvalue weighted by molar-refractivity contribution is -0.115. The number of rotatable bonds is 3. The second kappa shape index (κ2) is 4.69. The highest BCUT2D eigenvalue weighted by Crippen LogP contribution is 2.21. The summed E-state index contributed by atoms with van der Waals surface area (Å²) in [6.07, 6.45) is 1.90. The third-order valence-electron chi connectivity index (χ3n) is 2.67. The van der Waals surface area contributed by atoms with Crippen molar-refractivity contribution in [2.45, 2.75) is 6.42 Å². The van der Waals surface area contributed by atoms with Gasteiger partial charge in [0, 0.05) is 10.8 Å². The number of hydrogen-bond acceptors (Lipinski definition) is 5. The van der Waals surface area contributed by atoms with E-state index in [4.69, 9.17) is 5.73 Å². The summed E-state index contributed by atoms with van der Waals surface area (Å²) in [4.78, 5) is 16.0. The molecule has 3 aromatic rings. The van der Waals surface area contributed by atoms with Gasteiger partial charge in [0.2, 0.25) is 5.91 Å². The Bertz CT molecular complexity index is 732. The van der Waals surface area contributed by atoms with E-state index in [1.54, 1.807) is 11.6 Å². The molecule has 2 aromatic heterocycles. The number of H-pyrrole nitrogens is 1. The van der Waals surface area contributed by atoms with Crippen molar-refractivity contribution >= 4 is 39.0 Å². The van der Waals surface area contributed by atoms with Gasteiger partial charge in [0.05, 0.1) is 29.5 Å². The lowest BCUT2D eigenvalue weighted by Gasteiger charge is -2.04. The first-order valence-corrected chi connectivity index (χ1v) is 6.52. The van der Waals surface area contributed by atoms with E-state index in [9.17, 15) is 4.79 Å². The van der Waals surface area contributed by atoms with Crippen LogP contribution in [-0.4, -0.2) is 21.1 Å². The molecule has 0 saturated carbocycles. The average Bonchev–Trinajstić information content (AvgIpc) is 2.98. The van der Waals surface area contributed by atoms with E-state index in [1.165, 1.54) is 11.3 Å². The van der Waals surface area contributed by atoms with Crippen molar-refractivity contribution in [2.24, 2.45) is 0 Å². The molecule has 0 unspecified atom stereocenters. The number of hydrogen-bond donors (Lipinski definition) is 3. The van der Waals surface area contributed by atoms with Crippen molar-refractivity contribution < 1.29 is 4.79 Å². The Labute approximate surface area is 112 Å². The smallest absolute Gasteiger partial charge is 0.230 e. The first kappa shape index (κ1) is 11.7. The summed E-state index contributed by atoms with van der Waals surface area (Å²) in [5.74, 6) is -0.126. The van der Waals surface area contributed by atoms with E-state index in [1.807, 2.05) is 18.2 Å². The molecule has 0 aliphatic heterocycles. The molecule has 0 spiro atoms. The van der Waals surface area contributed by atoms with Crippen LogP contribution in [0.15, 0.2) is 29.8 Å². The summed E-state index contributed by atoms with van der Waals surface area (Å²) in [5.41, 5.74) is 7.83. The Balaban J connectivity index is 1.77. The van der Waals surface area contributed by atoms with Crippen LogP contribution in [0.4, 0.5) is 10.8 Å². The largest absolute Gasteiger partial charge is 0.375 e. The number of thiazole rings is 1. The number of anilines is 2. The summed E-state index contributed by atoms with van der Waals surface area (Å²) in [6.45, 7) is 0. The highest BCUT2D eigenvalue weighted by Gasteiger charge is 2.09. The Morgan fingerprint density at radius 1 is 1.47 bits per heavy atom. The fourth-order valence-electron chi connectivity index (χ4n) is 1.84. The summed E-state index contributed by atoms with van der Waals surface area (Å²) in [7, 11) is 0. The first-order chi connectivity index (χ1) is 9.22. The second-order valence-electron chi connectivity index (χ2n) is 4.04. The first-order valence-electron chi connectivity index (χ1n) is 5.64. The molecular weight excluding hydrogens is 262 g/mol. The number of carbonyl (C=O) groups is 1. The predicted octanol–water partition coefficient (Wildman–Crippen LogP) is 1.78. The number of nitrogen functional groups attached to an aromatic ring is 1. The monoisotopic (exact) mass is 273 g/mol. The van der Waals surface area contributed by atoms with Crippen LogP contribution in [0.2, 0.25) is 0 Å². The Hall–Kier alpha value is -2.41. The van der Waals surface area contributed by atoms with Gasteiger partial charge in [-0.05, 0) is 12.1 Å². The van der Waals surface area contributed by atoms with E-state index in [0.29, 0.717) is 10.8 Å². The normalized spacial score (nSPS) is 10.7. The third kappa shape index (κ3) is 2.41. The quantitative estimate of drug-likeness (QED) is 0.677. The van der Waals surface area contributed by atoms with Gasteiger partial charge in [-0.1, -0.05) is 6.07 Å². The molecule has 0 bridgehead atoms. The molecule has 96 valence electrons. The SMILES string of the molecule is Nc1nc(CC(=O)Nc2cccc3[nH]ncc23)cs1. The molecule has 19 heavy (non-hydrogen) atoms. The molecule has 6 nitrogen and oxygen atoms in total. The third-order valence-corrected chi connectivity index (χ3v) is 3.39. The molecule has 0 atom stereocenters. The minimum atomic E-state index is -0.126. The van der Waals surface area contributed by atoms with Crippen molar-refractivity contribution in [3.63, 3.8) is 0 Å². The van der Waals surface area contributed by atoms with Gasteiger partial charge in [0.15, 0.2) is 5.13 Å². The minimum absolute atomic E-state index is 0.126. The van der Waals surface area contributed by atoms with E-state index in [0.717, 1.165) is 16.6 Å². The molecule has 1 amide bonds. The maximum atomic E-state index is 11.9. The van der Waals surface area contributed by atoms with Crippen molar-refractivity contribution in [2.75, 3.05) is 11.1 Å². The van der Waals surface area contributed by atoms with Crippen LogP contribution < -0.4 is 11.1 Å². The number of aromatic nitrogens is 3. The van der Waals surface area contributed by atoms with Crippen LogP contribution >= 0.6 is 11.3 Å². The van der Waals surface area contributed by atoms with Gasteiger partial charge in [-0.15, -0.1) is 11.3 Å². The molecule has 7 heteroatoms. The summed E-state index contributed by atoms with van der Waals surface area (Å²) < 4.78 is 0. The highest BCUT2D eigenvalue weighted by molar-refractivity contribution is 7.13. The Morgan fingerprint density at radius 3 is 3.16 bits per heavy atom. The molecule has 0 fully saturated rings. The number of nitrogens with one attached hydrogen (secondary N) is 2. The molecule has 0 radical (unpaired) electrons. The zero-order chi connectivity index (χ0) is 13.2. The number of amides is 1. The standard InChI is InChI=1S/C12H11N5OS/c13-12-15-7(6-19-12)4-11(18)16-9-2-1-3-10-8(9)5-14-17-10/h1-3,5-6H,4H2,(H2,13,15)(H,14,17)(H,16,18). The summed E-state index contributed by atoms with van der Waals surface area (Å²) in [6, 6.07) is 5.60. The Kier molecular flexibility index (Phi) is 2.88. The fraction of sp³-hybridized carbons (Fsp3) is 0.0833. The van der Waals surface area contributed by atoms with Crippen molar-refractivity contribution in [1.29, 1.82) is 0 Å².